The number of benzene rings is 1. The molecule has 1 aliphatic carbocycles. The van der Waals surface area contributed by atoms with Crippen LogP contribution in [0.15, 0.2) is 18.2 Å². The molecule has 1 nitrogen and oxygen atoms in total. The third-order valence-electron chi connectivity index (χ3n) is 2.96. The fourth-order valence-corrected chi connectivity index (χ4v) is 1.90. The number of hydrogen-bond acceptors (Lipinski definition) is 1. The molecule has 1 saturated carbocycles. The Morgan fingerprint density at radius 1 is 1.43 bits per heavy atom. The third-order valence-corrected chi connectivity index (χ3v) is 3.33. The van der Waals surface area contributed by atoms with Crippen LogP contribution in [0.3, 0.4) is 0 Å². The Morgan fingerprint density at radius 3 is 2.71 bits per heavy atom. The second kappa shape index (κ2) is 3.52. The minimum absolute atomic E-state index is 0.206. The maximum atomic E-state index is 13.0. The van der Waals surface area contributed by atoms with Crippen molar-refractivity contribution in [1.29, 1.82) is 0 Å². The van der Waals surface area contributed by atoms with E-state index < -0.39 is 0 Å². The SMILES string of the molecule is NCC1(Cc2cc(F)ccc2Cl)CC1. The monoisotopic (exact) mass is 213 g/mol. The van der Waals surface area contributed by atoms with E-state index in [0.29, 0.717) is 11.6 Å². The summed E-state index contributed by atoms with van der Waals surface area (Å²) < 4.78 is 13.0. The molecule has 1 aromatic carbocycles. The van der Waals surface area contributed by atoms with E-state index in [1.165, 1.54) is 12.1 Å². The van der Waals surface area contributed by atoms with Crippen molar-refractivity contribution in [2.45, 2.75) is 19.3 Å². The van der Waals surface area contributed by atoms with E-state index in [1.54, 1.807) is 6.07 Å². The summed E-state index contributed by atoms with van der Waals surface area (Å²) in [7, 11) is 0. The zero-order valence-corrected chi connectivity index (χ0v) is 8.65. The van der Waals surface area contributed by atoms with Crippen LogP contribution < -0.4 is 5.73 Å². The molecule has 0 radical (unpaired) electrons. The summed E-state index contributed by atoms with van der Waals surface area (Å²) in [5.74, 6) is -0.225. The van der Waals surface area contributed by atoms with E-state index in [-0.39, 0.29) is 11.2 Å². The number of halogens is 2. The van der Waals surface area contributed by atoms with Crippen molar-refractivity contribution in [3.05, 3.63) is 34.6 Å². The van der Waals surface area contributed by atoms with Crippen LogP contribution in [0.25, 0.3) is 0 Å². The van der Waals surface area contributed by atoms with Crippen LogP contribution in [0.1, 0.15) is 18.4 Å². The molecule has 2 rings (SSSR count). The summed E-state index contributed by atoms with van der Waals surface area (Å²) >= 11 is 5.98. The first-order valence-electron chi connectivity index (χ1n) is 4.79. The van der Waals surface area contributed by atoms with Gasteiger partial charge in [-0.1, -0.05) is 11.6 Å². The van der Waals surface area contributed by atoms with Crippen molar-refractivity contribution in [1.82, 2.24) is 0 Å². The van der Waals surface area contributed by atoms with Crippen molar-refractivity contribution in [3.8, 4) is 0 Å². The van der Waals surface area contributed by atoms with E-state index in [4.69, 9.17) is 17.3 Å². The van der Waals surface area contributed by atoms with Crippen LogP contribution >= 0.6 is 11.6 Å². The largest absolute Gasteiger partial charge is 0.330 e. The predicted molar refractivity (Wildman–Crippen MR) is 55.8 cm³/mol. The molecule has 1 aliphatic rings. The van der Waals surface area contributed by atoms with Gasteiger partial charge in [-0.25, -0.2) is 4.39 Å². The lowest BCUT2D eigenvalue weighted by Gasteiger charge is -2.13. The van der Waals surface area contributed by atoms with Gasteiger partial charge in [0.25, 0.3) is 0 Å². The first-order chi connectivity index (χ1) is 6.65. The fourth-order valence-electron chi connectivity index (χ4n) is 1.71. The van der Waals surface area contributed by atoms with E-state index in [0.717, 1.165) is 24.8 Å². The van der Waals surface area contributed by atoms with Crippen molar-refractivity contribution in [3.63, 3.8) is 0 Å². The third kappa shape index (κ3) is 1.91. The van der Waals surface area contributed by atoms with Crippen molar-refractivity contribution >= 4 is 11.6 Å². The van der Waals surface area contributed by atoms with E-state index in [2.05, 4.69) is 0 Å². The lowest BCUT2D eigenvalue weighted by molar-refractivity contribution is 0.518. The normalized spacial score (nSPS) is 18.2. The highest BCUT2D eigenvalue weighted by Gasteiger charge is 2.41. The van der Waals surface area contributed by atoms with Crippen LogP contribution in [0, 0.1) is 11.2 Å². The van der Waals surface area contributed by atoms with Gasteiger partial charge in [0.1, 0.15) is 5.82 Å². The molecule has 1 fully saturated rings. The van der Waals surface area contributed by atoms with Gasteiger partial charge in [-0.15, -0.1) is 0 Å². The molecule has 1 aromatic rings. The molecule has 0 spiro atoms. The van der Waals surface area contributed by atoms with Gasteiger partial charge >= 0.3 is 0 Å². The number of rotatable bonds is 3. The zero-order valence-electron chi connectivity index (χ0n) is 7.89. The van der Waals surface area contributed by atoms with Crippen LogP contribution in [0.4, 0.5) is 4.39 Å². The average Bonchev–Trinajstić information content (AvgIpc) is 2.92. The minimum Gasteiger partial charge on any atom is -0.330 e. The molecule has 0 saturated heterocycles. The topological polar surface area (TPSA) is 26.0 Å². The first kappa shape index (κ1) is 9.94. The second-order valence-corrected chi connectivity index (χ2v) is 4.52. The Kier molecular flexibility index (Phi) is 2.50. The molecule has 0 heterocycles. The molecule has 0 aromatic heterocycles. The Bertz CT molecular complexity index is 347. The van der Waals surface area contributed by atoms with Crippen LogP contribution in [-0.4, -0.2) is 6.54 Å². The smallest absolute Gasteiger partial charge is 0.123 e. The maximum absolute atomic E-state index is 13.0. The highest BCUT2D eigenvalue weighted by atomic mass is 35.5. The summed E-state index contributed by atoms with van der Waals surface area (Å²) in [6.07, 6.45) is 3.08. The molecular formula is C11H13ClFN. The lowest BCUT2D eigenvalue weighted by Crippen LogP contribution is -2.18. The summed E-state index contributed by atoms with van der Waals surface area (Å²) in [5.41, 5.74) is 6.76. The molecule has 0 atom stereocenters. The standard InChI is InChI=1S/C11H13ClFN/c12-10-2-1-9(13)5-8(10)6-11(7-14)3-4-11/h1-2,5H,3-4,6-7,14H2. The van der Waals surface area contributed by atoms with Gasteiger partial charge in [0, 0.05) is 5.02 Å². The predicted octanol–water partition coefficient (Wildman–Crippen LogP) is 2.76. The Labute approximate surface area is 88.1 Å². The van der Waals surface area contributed by atoms with Crippen LogP contribution in [-0.2, 0) is 6.42 Å². The number of hydrogen-bond donors (Lipinski definition) is 1. The molecule has 0 amide bonds. The Morgan fingerprint density at radius 2 is 2.14 bits per heavy atom. The van der Waals surface area contributed by atoms with Crippen molar-refractivity contribution < 1.29 is 4.39 Å². The van der Waals surface area contributed by atoms with Gasteiger partial charge < -0.3 is 5.73 Å². The average molecular weight is 214 g/mol. The minimum atomic E-state index is -0.225. The summed E-state index contributed by atoms with van der Waals surface area (Å²) in [6, 6.07) is 4.50. The Balaban J connectivity index is 2.20. The van der Waals surface area contributed by atoms with Gasteiger partial charge in [0.05, 0.1) is 0 Å². The zero-order chi connectivity index (χ0) is 10.2. The molecule has 0 unspecified atom stereocenters. The van der Waals surface area contributed by atoms with E-state index in [9.17, 15) is 4.39 Å². The van der Waals surface area contributed by atoms with E-state index in [1.807, 2.05) is 0 Å². The van der Waals surface area contributed by atoms with Gasteiger partial charge in [-0.2, -0.15) is 0 Å². The van der Waals surface area contributed by atoms with Gasteiger partial charge in [0.2, 0.25) is 0 Å². The fraction of sp³-hybridized carbons (Fsp3) is 0.455. The molecule has 3 heteroatoms. The quantitative estimate of drug-likeness (QED) is 0.821. The molecule has 14 heavy (non-hydrogen) atoms. The number of nitrogens with two attached hydrogens (primary N) is 1. The molecule has 0 aliphatic heterocycles. The highest BCUT2D eigenvalue weighted by molar-refractivity contribution is 6.31. The molecule has 76 valence electrons. The lowest BCUT2D eigenvalue weighted by atomic mass is 9.96. The van der Waals surface area contributed by atoms with Gasteiger partial charge in [0.15, 0.2) is 0 Å². The molecular weight excluding hydrogens is 201 g/mol. The summed E-state index contributed by atoms with van der Waals surface area (Å²) in [6.45, 7) is 0.667. The van der Waals surface area contributed by atoms with Crippen molar-refractivity contribution in [2.75, 3.05) is 6.54 Å². The summed E-state index contributed by atoms with van der Waals surface area (Å²) in [4.78, 5) is 0. The second-order valence-electron chi connectivity index (χ2n) is 4.12. The van der Waals surface area contributed by atoms with Crippen LogP contribution in [0.5, 0.6) is 0 Å². The van der Waals surface area contributed by atoms with Gasteiger partial charge in [-0.05, 0) is 55.0 Å². The Hall–Kier alpha value is -0.600. The van der Waals surface area contributed by atoms with Crippen molar-refractivity contribution in [2.24, 2.45) is 11.1 Å². The first-order valence-corrected chi connectivity index (χ1v) is 5.17. The molecule has 2 N–H and O–H groups in total. The van der Waals surface area contributed by atoms with Crippen LogP contribution in [0.2, 0.25) is 5.02 Å². The maximum Gasteiger partial charge on any atom is 0.123 e. The summed E-state index contributed by atoms with van der Waals surface area (Å²) in [5, 5.41) is 0.645. The van der Waals surface area contributed by atoms with E-state index >= 15 is 0 Å². The molecule has 0 bridgehead atoms. The highest BCUT2D eigenvalue weighted by Crippen LogP contribution is 2.48. The van der Waals surface area contributed by atoms with Gasteiger partial charge in [-0.3, -0.25) is 0 Å².